The molecule has 1 aromatic rings. The Morgan fingerprint density at radius 3 is 2.53 bits per heavy atom. The minimum Gasteiger partial charge on any atom is -0.435 e. The van der Waals surface area contributed by atoms with E-state index in [1.54, 1.807) is 24.3 Å². The number of carbonyl (C=O) groups is 1. The minimum absolute atomic E-state index is 0.0481. The summed E-state index contributed by atoms with van der Waals surface area (Å²) in [4.78, 5) is 10.2. The molecule has 0 amide bonds. The molecule has 0 fully saturated rings. The monoisotopic (exact) mass is 206 g/mol. The van der Waals surface area contributed by atoms with Crippen molar-refractivity contribution in [1.82, 2.24) is 0 Å². The minimum atomic E-state index is 0.0481. The average Bonchev–Trinajstić information content (AvgIpc) is 2.21. The van der Waals surface area contributed by atoms with E-state index in [-0.39, 0.29) is 5.95 Å². The zero-order valence-electron chi connectivity index (χ0n) is 8.01. The van der Waals surface area contributed by atoms with Crippen LogP contribution >= 0.6 is 0 Å². The van der Waals surface area contributed by atoms with E-state index in [1.807, 2.05) is 0 Å². The summed E-state index contributed by atoms with van der Waals surface area (Å²) in [5.74, 6) is 0.685. The molecule has 0 aliphatic heterocycles. The second kappa shape index (κ2) is 5.49. The highest BCUT2D eigenvalue weighted by molar-refractivity contribution is 5.50. The van der Waals surface area contributed by atoms with Gasteiger partial charge in [0.1, 0.15) is 0 Å². The number of para-hydroxylation sites is 2. The quantitative estimate of drug-likeness (QED) is 0.529. The molecule has 78 valence electrons. The number of carbonyl (C=O) groups excluding carboxylic acids is 1. The van der Waals surface area contributed by atoms with Gasteiger partial charge in [-0.15, -0.1) is 0 Å². The van der Waals surface area contributed by atoms with E-state index in [2.05, 4.69) is 17.9 Å². The standard InChI is InChI=1S/C11H10O4/c1-3-13-9(2)15-11-7-5-4-6-10(11)14-8-12/h3-8H,1-2H2. The molecule has 0 heterocycles. The van der Waals surface area contributed by atoms with Crippen molar-refractivity contribution in [3.05, 3.63) is 49.6 Å². The largest absolute Gasteiger partial charge is 0.435 e. The fraction of sp³-hybridized carbons (Fsp3) is 0. The third-order valence-electron chi connectivity index (χ3n) is 1.46. The summed E-state index contributed by atoms with van der Waals surface area (Å²) in [5, 5.41) is 0. The molecule has 0 radical (unpaired) electrons. The van der Waals surface area contributed by atoms with Crippen LogP contribution in [0.15, 0.2) is 49.6 Å². The molecule has 0 aliphatic carbocycles. The lowest BCUT2D eigenvalue weighted by molar-refractivity contribution is -0.120. The van der Waals surface area contributed by atoms with E-state index in [9.17, 15) is 4.79 Å². The van der Waals surface area contributed by atoms with Crippen molar-refractivity contribution in [3.8, 4) is 11.5 Å². The summed E-state index contributed by atoms with van der Waals surface area (Å²) in [7, 11) is 0. The van der Waals surface area contributed by atoms with Crippen LogP contribution in [0.4, 0.5) is 0 Å². The summed E-state index contributed by atoms with van der Waals surface area (Å²) in [6.45, 7) is 7.15. The molecular formula is C11H10O4. The van der Waals surface area contributed by atoms with Gasteiger partial charge in [-0.25, -0.2) is 0 Å². The van der Waals surface area contributed by atoms with Crippen LogP contribution in [0.25, 0.3) is 0 Å². The third-order valence-corrected chi connectivity index (χ3v) is 1.46. The Labute approximate surface area is 87.4 Å². The van der Waals surface area contributed by atoms with E-state index in [1.165, 1.54) is 6.26 Å². The second-order valence-corrected chi connectivity index (χ2v) is 2.42. The molecule has 0 spiro atoms. The van der Waals surface area contributed by atoms with Crippen molar-refractivity contribution < 1.29 is 19.0 Å². The molecule has 4 nitrogen and oxygen atoms in total. The topological polar surface area (TPSA) is 44.8 Å². The van der Waals surface area contributed by atoms with Gasteiger partial charge >= 0.3 is 0 Å². The van der Waals surface area contributed by atoms with E-state index >= 15 is 0 Å². The van der Waals surface area contributed by atoms with Crippen molar-refractivity contribution in [1.29, 1.82) is 0 Å². The van der Waals surface area contributed by atoms with Crippen LogP contribution < -0.4 is 9.47 Å². The van der Waals surface area contributed by atoms with E-state index in [4.69, 9.17) is 9.47 Å². The van der Waals surface area contributed by atoms with Gasteiger partial charge in [-0.1, -0.05) is 18.7 Å². The van der Waals surface area contributed by atoms with E-state index in [0.717, 1.165) is 0 Å². The highest BCUT2D eigenvalue weighted by atomic mass is 16.7. The summed E-state index contributed by atoms with van der Waals surface area (Å²) in [6.07, 6.45) is 1.19. The highest BCUT2D eigenvalue weighted by Crippen LogP contribution is 2.27. The molecule has 0 aromatic heterocycles. The first-order chi connectivity index (χ1) is 7.27. The van der Waals surface area contributed by atoms with Crippen LogP contribution in [0.1, 0.15) is 0 Å². The Morgan fingerprint density at radius 1 is 1.27 bits per heavy atom. The lowest BCUT2D eigenvalue weighted by atomic mass is 10.3. The van der Waals surface area contributed by atoms with Crippen molar-refractivity contribution >= 4 is 6.47 Å². The number of hydrogen-bond donors (Lipinski definition) is 0. The highest BCUT2D eigenvalue weighted by Gasteiger charge is 2.05. The predicted octanol–water partition coefficient (Wildman–Crippen LogP) is 2.23. The van der Waals surface area contributed by atoms with Gasteiger partial charge in [-0.3, -0.25) is 4.79 Å². The number of ether oxygens (including phenoxy) is 3. The maximum Gasteiger partial charge on any atom is 0.298 e. The number of rotatable bonds is 6. The molecule has 0 unspecified atom stereocenters. The molecule has 0 saturated heterocycles. The zero-order chi connectivity index (χ0) is 11.1. The van der Waals surface area contributed by atoms with Gasteiger partial charge < -0.3 is 14.2 Å². The second-order valence-electron chi connectivity index (χ2n) is 2.42. The van der Waals surface area contributed by atoms with Crippen molar-refractivity contribution in [3.63, 3.8) is 0 Å². The molecule has 0 aliphatic rings. The fourth-order valence-electron chi connectivity index (χ4n) is 0.923. The first-order valence-corrected chi connectivity index (χ1v) is 4.11. The van der Waals surface area contributed by atoms with Crippen molar-refractivity contribution in [2.24, 2.45) is 0 Å². The Kier molecular flexibility index (Phi) is 3.97. The molecule has 0 N–H and O–H groups in total. The van der Waals surface area contributed by atoms with Crippen molar-refractivity contribution in [2.45, 2.75) is 0 Å². The van der Waals surface area contributed by atoms with Crippen LogP contribution in [0, 0.1) is 0 Å². The van der Waals surface area contributed by atoms with Crippen LogP contribution in [0.3, 0.4) is 0 Å². The van der Waals surface area contributed by atoms with Gasteiger partial charge in [-0.05, 0) is 18.7 Å². The fourth-order valence-corrected chi connectivity index (χ4v) is 0.923. The van der Waals surface area contributed by atoms with E-state index < -0.39 is 0 Å². The Bertz CT molecular complexity index is 371. The van der Waals surface area contributed by atoms with Crippen LogP contribution in [-0.2, 0) is 9.53 Å². The zero-order valence-corrected chi connectivity index (χ0v) is 8.01. The molecule has 0 saturated carbocycles. The van der Waals surface area contributed by atoms with E-state index in [0.29, 0.717) is 18.0 Å². The van der Waals surface area contributed by atoms with Gasteiger partial charge in [-0.2, -0.15) is 0 Å². The van der Waals surface area contributed by atoms with Gasteiger partial charge in [0.25, 0.3) is 12.4 Å². The van der Waals surface area contributed by atoms with Gasteiger partial charge in [0, 0.05) is 0 Å². The van der Waals surface area contributed by atoms with Gasteiger partial charge in [0.2, 0.25) is 0 Å². The number of hydrogen-bond acceptors (Lipinski definition) is 4. The summed E-state index contributed by atoms with van der Waals surface area (Å²) in [6, 6.07) is 6.65. The normalized spacial score (nSPS) is 8.80. The molecule has 0 bridgehead atoms. The van der Waals surface area contributed by atoms with Crippen molar-refractivity contribution in [2.75, 3.05) is 0 Å². The average molecular weight is 206 g/mol. The first kappa shape index (κ1) is 10.8. The molecule has 4 heteroatoms. The molecule has 15 heavy (non-hydrogen) atoms. The SMILES string of the molecule is C=COC(=C)Oc1ccccc1OC=O. The third kappa shape index (κ3) is 3.19. The predicted molar refractivity (Wildman–Crippen MR) is 54.2 cm³/mol. The van der Waals surface area contributed by atoms with Crippen LogP contribution in [0.5, 0.6) is 11.5 Å². The summed E-state index contributed by atoms with van der Waals surface area (Å²) >= 11 is 0. The van der Waals surface area contributed by atoms with Gasteiger partial charge in [0.05, 0.1) is 6.26 Å². The lowest BCUT2D eigenvalue weighted by Crippen LogP contribution is -1.98. The molecule has 0 atom stereocenters. The molecule has 1 aromatic carbocycles. The first-order valence-electron chi connectivity index (χ1n) is 4.11. The van der Waals surface area contributed by atoms with Crippen LogP contribution in [0.2, 0.25) is 0 Å². The lowest BCUT2D eigenvalue weighted by Gasteiger charge is -2.09. The Morgan fingerprint density at radius 2 is 1.93 bits per heavy atom. The Balaban J connectivity index is 2.78. The summed E-state index contributed by atoms with van der Waals surface area (Å²) in [5.41, 5.74) is 0. The van der Waals surface area contributed by atoms with Gasteiger partial charge in [0.15, 0.2) is 11.5 Å². The maximum atomic E-state index is 10.2. The maximum absolute atomic E-state index is 10.2. The molecule has 1 rings (SSSR count). The Hall–Kier alpha value is -2.23. The smallest absolute Gasteiger partial charge is 0.298 e. The van der Waals surface area contributed by atoms with Crippen LogP contribution in [-0.4, -0.2) is 6.47 Å². The summed E-state index contributed by atoms with van der Waals surface area (Å²) < 4.78 is 14.6. The number of benzene rings is 1. The molecular weight excluding hydrogens is 196 g/mol.